The van der Waals surface area contributed by atoms with Crippen molar-refractivity contribution in [2.45, 2.75) is 33.6 Å². The van der Waals surface area contributed by atoms with Crippen LogP contribution in [0, 0.1) is 0 Å². The van der Waals surface area contributed by atoms with Gasteiger partial charge in [0.05, 0.1) is 6.61 Å². The van der Waals surface area contributed by atoms with Crippen LogP contribution in [0.25, 0.3) is 0 Å². The summed E-state index contributed by atoms with van der Waals surface area (Å²) in [6.07, 6.45) is 1.46. The van der Waals surface area contributed by atoms with Gasteiger partial charge in [-0.1, -0.05) is 32.0 Å². The van der Waals surface area contributed by atoms with Gasteiger partial charge in [0.1, 0.15) is 0 Å². The minimum atomic E-state index is -0.761. The summed E-state index contributed by atoms with van der Waals surface area (Å²) in [5, 5.41) is 0. The Balaban J connectivity index is 3.18. The third-order valence-electron chi connectivity index (χ3n) is 2.69. The van der Waals surface area contributed by atoms with Crippen molar-refractivity contribution in [3.63, 3.8) is 0 Å². The smallest absolute Gasteiger partial charge is 0.379 e. The van der Waals surface area contributed by atoms with Crippen molar-refractivity contribution in [1.82, 2.24) is 0 Å². The van der Waals surface area contributed by atoms with Crippen molar-refractivity contribution in [2.75, 3.05) is 6.61 Å². The molecule has 0 radical (unpaired) electrons. The lowest BCUT2D eigenvalue weighted by atomic mass is 9.94. The predicted molar refractivity (Wildman–Crippen MR) is 66.2 cm³/mol. The Morgan fingerprint density at radius 1 is 1.06 bits per heavy atom. The number of carbonyl (C=O) groups is 2. The second-order valence-electron chi connectivity index (χ2n) is 3.71. The molecule has 0 saturated heterocycles. The molecule has 3 nitrogen and oxygen atoms in total. The maximum atomic E-state index is 12.0. The summed E-state index contributed by atoms with van der Waals surface area (Å²) in [5.74, 6) is -1.29. The van der Waals surface area contributed by atoms with Crippen molar-refractivity contribution in [3.05, 3.63) is 34.9 Å². The number of hydrogen-bond acceptors (Lipinski definition) is 3. The van der Waals surface area contributed by atoms with Crippen LogP contribution in [0.5, 0.6) is 0 Å². The number of carbonyl (C=O) groups excluding carboxylic acids is 2. The van der Waals surface area contributed by atoms with E-state index in [1.165, 1.54) is 0 Å². The number of aryl methyl sites for hydroxylation is 2. The van der Waals surface area contributed by atoms with Crippen molar-refractivity contribution in [3.8, 4) is 0 Å². The van der Waals surface area contributed by atoms with Crippen molar-refractivity contribution in [1.29, 1.82) is 0 Å². The van der Waals surface area contributed by atoms with Crippen LogP contribution in [0.4, 0.5) is 0 Å². The van der Waals surface area contributed by atoms with E-state index in [0.29, 0.717) is 5.56 Å². The quantitative estimate of drug-likeness (QED) is 0.447. The third-order valence-corrected chi connectivity index (χ3v) is 2.69. The molecule has 17 heavy (non-hydrogen) atoms. The molecule has 0 bridgehead atoms. The summed E-state index contributed by atoms with van der Waals surface area (Å²) in [6.45, 7) is 5.85. The van der Waals surface area contributed by atoms with Crippen LogP contribution in [0.15, 0.2) is 18.2 Å². The SMILES string of the molecule is CCOC(=O)C(=O)c1c(CC)cccc1CC. The largest absolute Gasteiger partial charge is 0.460 e. The molecular formula is C14H18O3. The van der Waals surface area contributed by atoms with Gasteiger partial charge in [-0.2, -0.15) is 0 Å². The van der Waals surface area contributed by atoms with Crippen LogP contribution in [0.1, 0.15) is 42.3 Å². The van der Waals surface area contributed by atoms with E-state index in [4.69, 9.17) is 4.74 Å². The molecule has 0 amide bonds. The summed E-state index contributed by atoms with van der Waals surface area (Å²) < 4.78 is 4.77. The summed E-state index contributed by atoms with van der Waals surface area (Å²) in [4.78, 5) is 23.5. The summed E-state index contributed by atoms with van der Waals surface area (Å²) >= 11 is 0. The molecular weight excluding hydrogens is 216 g/mol. The number of ether oxygens (including phenoxy) is 1. The van der Waals surface area contributed by atoms with Crippen LogP contribution in [0.2, 0.25) is 0 Å². The maximum Gasteiger partial charge on any atom is 0.379 e. The molecule has 1 rings (SSSR count). The van der Waals surface area contributed by atoms with Crippen LogP contribution in [0.3, 0.4) is 0 Å². The molecule has 0 fully saturated rings. The van der Waals surface area contributed by atoms with E-state index in [1.807, 2.05) is 32.0 Å². The predicted octanol–water partition coefficient (Wildman–Crippen LogP) is 2.56. The zero-order valence-electron chi connectivity index (χ0n) is 10.6. The fourth-order valence-corrected chi connectivity index (χ4v) is 1.83. The lowest BCUT2D eigenvalue weighted by molar-refractivity contribution is -0.137. The lowest BCUT2D eigenvalue weighted by Crippen LogP contribution is -2.20. The monoisotopic (exact) mass is 234 g/mol. The number of ketones is 1. The molecule has 0 atom stereocenters. The highest BCUT2D eigenvalue weighted by molar-refractivity contribution is 6.41. The van der Waals surface area contributed by atoms with Crippen LogP contribution >= 0.6 is 0 Å². The zero-order chi connectivity index (χ0) is 12.8. The van der Waals surface area contributed by atoms with E-state index in [9.17, 15) is 9.59 Å². The normalized spacial score (nSPS) is 10.1. The van der Waals surface area contributed by atoms with Gasteiger partial charge in [-0.25, -0.2) is 4.79 Å². The third kappa shape index (κ3) is 2.93. The average Bonchev–Trinajstić information content (AvgIpc) is 2.37. The van der Waals surface area contributed by atoms with Gasteiger partial charge in [-0.3, -0.25) is 4.79 Å². The molecule has 0 N–H and O–H groups in total. The minimum absolute atomic E-state index is 0.223. The van der Waals surface area contributed by atoms with Gasteiger partial charge < -0.3 is 4.74 Å². The van der Waals surface area contributed by atoms with E-state index >= 15 is 0 Å². The number of esters is 1. The van der Waals surface area contributed by atoms with Gasteiger partial charge in [0.15, 0.2) is 0 Å². The van der Waals surface area contributed by atoms with E-state index in [2.05, 4.69) is 0 Å². The highest BCUT2D eigenvalue weighted by atomic mass is 16.5. The number of Topliss-reactive ketones (excluding diaryl/α,β-unsaturated/α-hetero) is 1. The summed E-state index contributed by atoms with van der Waals surface area (Å²) in [5.41, 5.74) is 2.33. The molecule has 0 saturated carbocycles. The molecule has 0 aromatic heterocycles. The van der Waals surface area contributed by atoms with E-state index < -0.39 is 11.8 Å². The van der Waals surface area contributed by atoms with Crippen molar-refractivity contribution in [2.24, 2.45) is 0 Å². The lowest BCUT2D eigenvalue weighted by Gasteiger charge is -2.11. The van der Waals surface area contributed by atoms with E-state index in [-0.39, 0.29) is 6.61 Å². The number of rotatable bonds is 5. The van der Waals surface area contributed by atoms with Gasteiger partial charge in [0, 0.05) is 5.56 Å². The molecule has 0 spiro atoms. The first kappa shape index (κ1) is 13.4. The summed E-state index contributed by atoms with van der Waals surface area (Å²) in [7, 11) is 0. The van der Waals surface area contributed by atoms with Gasteiger partial charge in [-0.05, 0) is 30.9 Å². The number of benzene rings is 1. The fourth-order valence-electron chi connectivity index (χ4n) is 1.83. The highest BCUT2D eigenvalue weighted by Gasteiger charge is 2.22. The molecule has 0 aliphatic carbocycles. The fraction of sp³-hybridized carbons (Fsp3) is 0.429. The van der Waals surface area contributed by atoms with Crippen LogP contribution in [-0.2, 0) is 22.4 Å². The Morgan fingerprint density at radius 2 is 1.59 bits per heavy atom. The first-order valence-corrected chi connectivity index (χ1v) is 5.97. The maximum absolute atomic E-state index is 12.0. The molecule has 0 heterocycles. The molecule has 1 aromatic carbocycles. The van der Waals surface area contributed by atoms with Gasteiger partial charge in [0.2, 0.25) is 0 Å². The topological polar surface area (TPSA) is 43.4 Å². The first-order valence-electron chi connectivity index (χ1n) is 5.97. The zero-order valence-corrected chi connectivity index (χ0v) is 10.6. The molecule has 92 valence electrons. The second kappa shape index (κ2) is 6.18. The Morgan fingerprint density at radius 3 is 2.00 bits per heavy atom. The average molecular weight is 234 g/mol. The first-order chi connectivity index (χ1) is 8.15. The Labute approximate surface area is 102 Å². The summed E-state index contributed by atoms with van der Waals surface area (Å²) in [6, 6.07) is 5.68. The molecule has 0 aliphatic heterocycles. The van der Waals surface area contributed by atoms with E-state index in [0.717, 1.165) is 24.0 Å². The van der Waals surface area contributed by atoms with Crippen molar-refractivity contribution < 1.29 is 14.3 Å². The van der Waals surface area contributed by atoms with Gasteiger partial charge in [0.25, 0.3) is 5.78 Å². The Kier molecular flexibility index (Phi) is 4.88. The van der Waals surface area contributed by atoms with E-state index in [1.54, 1.807) is 6.92 Å². The highest BCUT2D eigenvalue weighted by Crippen LogP contribution is 2.17. The molecule has 0 aliphatic rings. The number of hydrogen-bond donors (Lipinski definition) is 0. The molecule has 0 unspecified atom stereocenters. The molecule has 3 heteroatoms. The van der Waals surface area contributed by atoms with Gasteiger partial charge >= 0.3 is 5.97 Å². The minimum Gasteiger partial charge on any atom is -0.460 e. The second-order valence-corrected chi connectivity index (χ2v) is 3.71. The van der Waals surface area contributed by atoms with Gasteiger partial charge in [-0.15, -0.1) is 0 Å². The standard InChI is InChI=1S/C14H18O3/c1-4-10-8-7-9-11(5-2)12(10)13(15)14(16)17-6-3/h7-9H,4-6H2,1-3H3. The van der Waals surface area contributed by atoms with Crippen LogP contribution in [-0.4, -0.2) is 18.4 Å². The molecule has 1 aromatic rings. The Hall–Kier alpha value is -1.64. The van der Waals surface area contributed by atoms with Crippen LogP contribution < -0.4 is 0 Å². The Bertz CT molecular complexity index is 399. The van der Waals surface area contributed by atoms with Crippen molar-refractivity contribution >= 4 is 11.8 Å².